The van der Waals surface area contributed by atoms with Crippen LogP contribution in [0.25, 0.3) is 11.3 Å². The van der Waals surface area contributed by atoms with Crippen LogP contribution >= 0.6 is 0 Å². The van der Waals surface area contributed by atoms with Crippen LogP contribution < -0.4 is 5.73 Å². The van der Waals surface area contributed by atoms with Crippen molar-refractivity contribution in [3.05, 3.63) is 41.9 Å². The summed E-state index contributed by atoms with van der Waals surface area (Å²) < 4.78 is 0. The fourth-order valence-electron chi connectivity index (χ4n) is 1.64. The summed E-state index contributed by atoms with van der Waals surface area (Å²) >= 11 is 0. The summed E-state index contributed by atoms with van der Waals surface area (Å²) in [6.07, 6.45) is 3.15. The van der Waals surface area contributed by atoms with Crippen LogP contribution in [0.3, 0.4) is 0 Å². The van der Waals surface area contributed by atoms with Gasteiger partial charge in [0.2, 0.25) is 0 Å². The van der Waals surface area contributed by atoms with E-state index in [1.54, 1.807) is 6.20 Å². The third-order valence-corrected chi connectivity index (χ3v) is 2.38. The van der Waals surface area contributed by atoms with E-state index in [1.165, 1.54) is 17.5 Å². The maximum atomic E-state index is 5.83. The minimum Gasteiger partial charge on any atom is -0.396 e. The summed E-state index contributed by atoms with van der Waals surface area (Å²) in [5, 5.41) is 0. The first-order chi connectivity index (χ1) is 7.18. The molecule has 0 aliphatic carbocycles. The summed E-state index contributed by atoms with van der Waals surface area (Å²) in [4.78, 5) is 8.08. The predicted molar refractivity (Wildman–Crippen MR) is 61.4 cm³/mol. The van der Waals surface area contributed by atoms with Gasteiger partial charge in [0.1, 0.15) is 6.33 Å². The summed E-state index contributed by atoms with van der Waals surface area (Å²) in [5.41, 5.74) is 10.7. The fourth-order valence-corrected chi connectivity index (χ4v) is 1.64. The topological polar surface area (TPSA) is 51.8 Å². The number of nitrogens with two attached hydrogens (primary N) is 1. The van der Waals surface area contributed by atoms with E-state index >= 15 is 0 Å². The van der Waals surface area contributed by atoms with Crippen LogP contribution in [0.2, 0.25) is 0 Å². The Kier molecular flexibility index (Phi) is 2.37. The zero-order valence-corrected chi connectivity index (χ0v) is 8.86. The number of aromatic nitrogens is 2. The van der Waals surface area contributed by atoms with Crippen LogP contribution in [-0.2, 0) is 0 Å². The molecular formula is C12H13N3. The number of benzene rings is 1. The number of nitrogens with zero attached hydrogens (tertiary/aromatic N) is 2. The Balaban J connectivity index is 2.60. The van der Waals surface area contributed by atoms with Crippen LogP contribution in [0, 0.1) is 13.8 Å². The van der Waals surface area contributed by atoms with Gasteiger partial charge in [0.15, 0.2) is 0 Å². The average molecular weight is 199 g/mol. The second-order valence-corrected chi connectivity index (χ2v) is 3.65. The SMILES string of the molecule is Cc1ccc(-c2ncncc2N)c(C)c1. The highest BCUT2D eigenvalue weighted by molar-refractivity contribution is 5.74. The predicted octanol–water partition coefficient (Wildman–Crippen LogP) is 2.34. The number of anilines is 1. The van der Waals surface area contributed by atoms with Crippen molar-refractivity contribution in [1.29, 1.82) is 0 Å². The van der Waals surface area contributed by atoms with Crippen molar-refractivity contribution < 1.29 is 0 Å². The Labute approximate surface area is 89.0 Å². The molecule has 0 unspecified atom stereocenters. The first kappa shape index (κ1) is 9.65. The highest BCUT2D eigenvalue weighted by Gasteiger charge is 2.06. The molecule has 1 aromatic heterocycles. The molecule has 0 saturated carbocycles. The molecule has 2 N–H and O–H groups in total. The summed E-state index contributed by atoms with van der Waals surface area (Å²) in [6, 6.07) is 6.23. The second kappa shape index (κ2) is 3.69. The highest BCUT2D eigenvalue weighted by Crippen LogP contribution is 2.25. The zero-order valence-electron chi connectivity index (χ0n) is 8.86. The molecular weight excluding hydrogens is 186 g/mol. The lowest BCUT2D eigenvalue weighted by Gasteiger charge is -2.07. The van der Waals surface area contributed by atoms with Gasteiger partial charge in [0.05, 0.1) is 17.6 Å². The monoisotopic (exact) mass is 199 g/mol. The Morgan fingerprint density at radius 2 is 2.00 bits per heavy atom. The molecule has 0 aliphatic rings. The van der Waals surface area contributed by atoms with Crippen LogP contribution in [0.4, 0.5) is 5.69 Å². The van der Waals surface area contributed by atoms with Gasteiger partial charge >= 0.3 is 0 Å². The van der Waals surface area contributed by atoms with Gasteiger partial charge in [-0.1, -0.05) is 23.8 Å². The normalized spacial score (nSPS) is 10.3. The van der Waals surface area contributed by atoms with Crippen molar-refractivity contribution in [3.63, 3.8) is 0 Å². The molecule has 76 valence electrons. The Bertz CT molecular complexity index is 492. The molecule has 0 bridgehead atoms. The van der Waals surface area contributed by atoms with E-state index in [0.717, 1.165) is 11.3 Å². The Morgan fingerprint density at radius 3 is 2.67 bits per heavy atom. The first-order valence-corrected chi connectivity index (χ1v) is 4.81. The molecule has 0 aliphatic heterocycles. The third kappa shape index (κ3) is 1.81. The Morgan fingerprint density at radius 1 is 1.20 bits per heavy atom. The first-order valence-electron chi connectivity index (χ1n) is 4.81. The summed E-state index contributed by atoms with van der Waals surface area (Å²) in [6.45, 7) is 4.13. The molecule has 0 radical (unpaired) electrons. The van der Waals surface area contributed by atoms with E-state index in [1.807, 2.05) is 6.07 Å². The average Bonchev–Trinajstić information content (AvgIpc) is 2.20. The number of rotatable bonds is 1. The van der Waals surface area contributed by atoms with Crippen LogP contribution in [0.15, 0.2) is 30.7 Å². The quantitative estimate of drug-likeness (QED) is 0.767. The van der Waals surface area contributed by atoms with E-state index in [-0.39, 0.29) is 0 Å². The lowest BCUT2D eigenvalue weighted by molar-refractivity contribution is 1.17. The highest BCUT2D eigenvalue weighted by atomic mass is 14.9. The maximum Gasteiger partial charge on any atom is 0.116 e. The molecule has 3 nitrogen and oxygen atoms in total. The van der Waals surface area contributed by atoms with Crippen molar-refractivity contribution in [2.24, 2.45) is 0 Å². The van der Waals surface area contributed by atoms with E-state index in [0.29, 0.717) is 5.69 Å². The van der Waals surface area contributed by atoms with Crippen LogP contribution in [0.5, 0.6) is 0 Å². The molecule has 1 aromatic carbocycles. The molecule has 0 spiro atoms. The summed E-state index contributed by atoms with van der Waals surface area (Å²) in [7, 11) is 0. The lowest BCUT2D eigenvalue weighted by Crippen LogP contribution is -1.96. The number of nitrogen functional groups attached to an aromatic ring is 1. The van der Waals surface area contributed by atoms with Gasteiger partial charge < -0.3 is 5.73 Å². The number of hydrogen-bond donors (Lipinski definition) is 1. The molecule has 1 heterocycles. The van der Waals surface area contributed by atoms with Gasteiger partial charge in [0, 0.05) is 5.56 Å². The fraction of sp³-hybridized carbons (Fsp3) is 0.167. The van der Waals surface area contributed by atoms with Gasteiger partial charge in [-0.05, 0) is 19.4 Å². The summed E-state index contributed by atoms with van der Waals surface area (Å²) in [5.74, 6) is 0. The van der Waals surface area contributed by atoms with E-state index in [9.17, 15) is 0 Å². The minimum absolute atomic E-state index is 0.615. The number of aryl methyl sites for hydroxylation is 2. The van der Waals surface area contributed by atoms with Crippen molar-refractivity contribution >= 4 is 5.69 Å². The standard InChI is InChI=1S/C12H13N3/c1-8-3-4-10(9(2)5-8)12-11(13)6-14-7-15-12/h3-7H,13H2,1-2H3. The molecule has 2 rings (SSSR count). The van der Waals surface area contributed by atoms with Gasteiger partial charge in [-0.25, -0.2) is 9.97 Å². The molecule has 0 atom stereocenters. The molecule has 0 fully saturated rings. The van der Waals surface area contributed by atoms with Crippen LogP contribution in [-0.4, -0.2) is 9.97 Å². The van der Waals surface area contributed by atoms with E-state index in [2.05, 4.69) is 35.9 Å². The molecule has 15 heavy (non-hydrogen) atoms. The molecule has 3 heteroatoms. The van der Waals surface area contributed by atoms with Crippen molar-refractivity contribution in [3.8, 4) is 11.3 Å². The molecule has 0 saturated heterocycles. The van der Waals surface area contributed by atoms with Gasteiger partial charge in [-0.2, -0.15) is 0 Å². The second-order valence-electron chi connectivity index (χ2n) is 3.65. The van der Waals surface area contributed by atoms with E-state index < -0.39 is 0 Å². The third-order valence-electron chi connectivity index (χ3n) is 2.38. The maximum absolute atomic E-state index is 5.83. The van der Waals surface area contributed by atoms with Gasteiger partial charge in [0.25, 0.3) is 0 Å². The smallest absolute Gasteiger partial charge is 0.116 e. The van der Waals surface area contributed by atoms with Crippen LogP contribution in [0.1, 0.15) is 11.1 Å². The largest absolute Gasteiger partial charge is 0.396 e. The van der Waals surface area contributed by atoms with Gasteiger partial charge in [-0.15, -0.1) is 0 Å². The number of hydrogen-bond acceptors (Lipinski definition) is 3. The van der Waals surface area contributed by atoms with Crippen molar-refractivity contribution in [1.82, 2.24) is 9.97 Å². The van der Waals surface area contributed by atoms with Crippen molar-refractivity contribution in [2.45, 2.75) is 13.8 Å². The zero-order chi connectivity index (χ0) is 10.8. The minimum atomic E-state index is 0.615. The molecule has 2 aromatic rings. The van der Waals surface area contributed by atoms with Gasteiger partial charge in [-0.3, -0.25) is 0 Å². The molecule has 0 amide bonds. The van der Waals surface area contributed by atoms with E-state index in [4.69, 9.17) is 5.73 Å². The van der Waals surface area contributed by atoms with Crippen molar-refractivity contribution in [2.75, 3.05) is 5.73 Å². The lowest BCUT2D eigenvalue weighted by atomic mass is 10.0. The Hall–Kier alpha value is -1.90.